The van der Waals surface area contributed by atoms with E-state index in [1.807, 2.05) is 0 Å². The van der Waals surface area contributed by atoms with Crippen molar-refractivity contribution in [3.05, 3.63) is 81.8 Å². The molecule has 0 aliphatic rings. The molecule has 0 spiro atoms. The van der Waals surface area contributed by atoms with Crippen molar-refractivity contribution in [1.82, 2.24) is 0 Å². The first kappa shape index (κ1) is 15.8. The minimum Gasteiger partial charge on any atom is -0.355 e. The molecule has 0 atom stereocenters. The molecule has 2 heteroatoms. The van der Waals surface area contributed by atoms with Gasteiger partial charge in [0.25, 0.3) is 0 Å². The van der Waals surface area contributed by atoms with Gasteiger partial charge in [0.1, 0.15) is 0 Å². The van der Waals surface area contributed by atoms with Gasteiger partial charge in [-0.25, -0.2) is 0 Å². The number of nitrogens with one attached hydrogen (secondary N) is 1. The number of anilines is 2. The smallest absolute Gasteiger partial charge is 0.0443 e. The summed E-state index contributed by atoms with van der Waals surface area (Å²) in [7, 11) is 0. The van der Waals surface area contributed by atoms with Crippen LogP contribution in [0.15, 0.2) is 65.1 Å². The Morgan fingerprint density at radius 3 is 1.70 bits per heavy atom. The SMILES string of the molecule is Cc1cc(C)c(Nc2ccc(-c3ccc(Br)cc3)cc2)c(C)c1. The number of hydrogen-bond acceptors (Lipinski definition) is 1. The minimum absolute atomic E-state index is 1.10. The van der Waals surface area contributed by atoms with Gasteiger partial charge < -0.3 is 5.32 Å². The molecule has 0 aliphatic carbocycles. The maximum Gasteiger partial charge on any atom is 0.0443 e. The van der Waals surface area contributed by atoms with Crippen molar-refractivity contribution in [2.75, 3.05) is 5.32 Å². The predicted molar refractivity (Wildman–Crippen MR) is 104 cm³/mol. The van der Waals surface area contributed by atoms with Gasteiger partial charge in [-0.2, -0.15) is 0 Å². The van der Waals surface area contributed by atoms with E-state index in [0.717, 1.165) is 10.2 Å². The Hall–Kier alpha value is -2.06. The van der Waals surface area contributed by atoms with E-state index in [1.165, 1.54) is 33.5 Å². The number of halogens is 1. The van der Waals surface area contributed by atoms with E-state index in [-0.39, 0.29) is 0 Å². The quantitative estimate of drug-likeness (QED) is 0.538. The lowest BCUT2D eigenvalue weighted by atomic mass is 10.0. The molecule has 3 rings (SSSR count). The molecule has 0 saturated heterocycles. The number of benzene rings is 3. The summed E-state index contributed by atoms with van der Waals surface area (Å²) in [6, 6.07) is 21.4. The van der Waals surface area contributed by atoms with Crippen molar-refractivity contribution < 1.29 is 0 Å². The van der Waals surface area contributed by atoms with Crippen molar-refractivity contribution in [3.8, 4) is 11.1 Å². The highest BCUT2D eigenvalue weighted by atomic mass is 79.9. The summed E-state index contributed by atoms with van der Waals surface area (Å²) in [6.07, 6.45) is 0. The average molecular weight is 366 g/mol. The van der Waals surface area contributed by atoms with Gasteiger partial charge in [-0.1, -0.05) is 57.9 Å². The standard InChI is InChI=1S/C21H20BrN/c1-14-12-15(2)21(16(3)13-14)23-20-10-6-18(7-11-20)17-4-8-19(22)9-5-17/h4-13,23H,1-3H3. The van der Waals surface area contributed by atoms with Gasteiger partial charge in [-0.3, -0.25) is 0 Å². The topological polar surface area (TPSA) is 12.0 Å². The first-order valence-electron chi connectivity index (χ1n) is 7.74. The molecule has 0 amide bonds. The number of hydrogen-bond donors (Lipinski definition) is 1. The van der Waals surface area contributed by atoms with Crippen molar-refractivity contribution in [1.29, 1.82) is 0 Å². The van der Waals surface area contributed by atoms with Crippen LogP contribution in [0.2, 0.25) is 0 Å². The van der Waals surface area contributed by atoms with Crippen LogP contribution in [0.5, 0.6) is 0 Å². The van der Waals surface area contributed by atoms with Crippen molar-refractivity contribution in [2.45, 2.75) is 20.8 Å². The molecular formula is C21H20BrN. The summed E-state index contributed by atoms with van der Waals surface area (Å²) in [6.45, 7) is 6.44. The summed E-state index contributed by atoms with van der Waals surface area (Å²) in [5.41, 5.74) is 8.62. The van der Waals surface area contributed by atoms with E-state index in [2.05, 4.69) is 103 Å². The highest BCUT2D eigenvalue weighted by molar-refractivity contribution is 9.10. The van der Waals surface area contributed by atoms with Crippen LogP contribution in [0.4, 0.5) is 11.4 Å². The molecule has 0 unspecified atom stereocenters. The fraction of sp³-hybridized carbons (Fsp3) is 0.143. The fourth-order valence-corrected chi connectivity index (χ4v) is 3.17. The van der Waals surface area contributed by atoms with E-state index >= 15 is 0 Å². The van der Waals surface area contributed by atoms with Crippen molar-refractivity contribution in [3.63, 3.8) is 0 Å². The van der Waals surface area contributed by atoms with Gasteiger partial charge >= 0.3 is 0 Å². The van der Waals surface area contributed by atoms with Gasteiger partial charge in [0.2, 0.25) is 0 Å². The van der Waals surface area contributed by atoms with Crippen molar-refractivity contribution >= 4 is 27.3 Å². The van der Waals surface area contributed by atoms with Gasteiger partial charge in [0.15, 0.2) is 0 Å². The van der Waals surface area contributed by atoms with Crippen LogP contribution >= 0.6 is 15.9 Å². The van der Waals surface area contributed by atoms with E-state index in [1.54, 1.807) is 0 Å². The Morgan fingerprint density at radius 2 is 1.17 bits per heavy atom. The predicted octanol–water partition coefficient (Wildman–Crippen LogP) is 6.78. The lowest BCUT2D eigenvalue weighted by Crippen LogP contribution is -1.97. The minimum atomic E-state index is 1.10. The molecule has 116 valence electrons. The van der Waals surface area contributed by atoms with E-state index in [4.69, 9.17) is 0 Å². The van der Waals surface area contributed by atoms with Gasteiger partial charge in [-0.15, -0.1) is 0 Å². The summed E-state index contributed by atoms with van der Waals surface area (Å²) in [4.78, 5) is 0. The highest BCUT2D eigenvalue weighted by Gasteiger charge is 2.05. The number of aryl methyl sites for hydroxylation is 3. The van der Waals surface area contributed by atoms with Crippen LogP contribution < -0.4 is 5.32 Å². The highest BCUT2D eigenvalue weighted by Crippen LogP contribution is 2.28. The molecule has 0 saturated carbocycles. The molecule has 0 radical (unpaired) electrons. The Morgan fingerprint density at radius 1 is 0.696 bits per heavy atom. The fourth-order valence-electron chi connectivity index (χ4n) is 2.91. The second-order valence-corrected chi connectivity index (χ2v) is 6.90. The van der Waals surface area contributed by atoms with Crippen LogP contribution in [0, 0.1) is 20.8 Å². The summed E-state index contributed by atoms with van der Waals surface area (Å²) >= 11 is 3.48. The van der Waals surface area contributed by atoms with Gasteiger partial charge in [0.05, 0.1) is 0 Å². The number of rotatable bonds is 3. The van der Waals surface area contributed by atoms with E-state index in [0.29, 0.717) is 0 Å². The summed E-state index contributed by atoms with van der Waals surface area (Å²) < 4.78 is 1.10. The third-order valence-corrected chi connectivity index (χ3v) is 4.54. The Kier molecular flexibility index (Phi) is 4.53. The molecular weight excluding hydrogens is 346 g/mol. The van der Waals surface area contributed by atoms with Crippen LogP contribution in [0.1, 0.15) is 16.7 Å². The molecule has 0 bridgehead atoms. The van der Waals surface area contributed by atoms with Crippen LogP contribution in [0.25, 0.3) is 11.1 Å². The third kappa shape index (κ3) is 3.65. The first-order valence-corrected chi connectivity index (χ1v) is 8.53. The zero-order chi connectivity index (χ0) is 16.4. The largest absolute Gasteiger partial charge is 0.355 e. The maximum atomic E-state index is 3.55. The molecule has 3 aromatic rings. The van der Waals surface area contributed by atoms with E-state index in [9.17, 15) is 0 Å². The zero-order valence-corrected chi connectivity index (χ0v) is 15.2. The van der Waals surface area contributed by atoms with Crippen LogP contribution in [0.3, 0.4) is 0 Å². The van der Waals surface area contributed by atoms with Crippen LogP contribution in [-0.2, 0) is 0 Å². The average Bonchev–Trinajstić information content (AvgIpc) is 2.52. The summed E-state index contributed by atoms with van der Waals surface area (Å²) in [5.74, 6) is 0. The van der Waals surface area contributed by atoms with Gasteiger partial charge in [-0.05, 0) is 67.3 Å². The Bertz CT molecular complexity index is 794. The zero-order valence-electron chi connectivity index (χ0n) is 13.7. The monoisotopic (exact) mass is 365 g/mol. The molecule has 0 fully saturated rings. The maximum absolute atomic E-state index is 3.55. The first-order chi connectivity index (χ1) is 11.0. The molecule has 3 aromatic carbocycles. The third-order valence-electron chi connectivity index (χ3n) is 4.01. The summed E-state index contributed by atoms with van der Waals surface area (Å²) in [5, 5.41) is 3.55. The van der Waals surface area contributed by atoms with Gasteiger partial charge in [0, 0.05) is 15.8 Å². The lowest BCUT2D eigenvalue weighted by Gasteiger charge is -2.14. The second-order valence-electron chi connectivity index (χ2n) is 5.98. The Labute approximate surface area is 146 Å². The molecule has 23 heavy (non-hydrogen) atoms. The molecule has 0 aliphatic heterocycles. The van der Waals surface area contributed by atoms with Crippen LogP contribution in [-0.4, -0.2) is 0 Å². The Balaban J connectivity index is 1.84. The van der Waals surface area contributed by atoms with E-state index < -0.39 is 0 Å². The molecule has 1 N–H and O–H groups in total. The molecule has 1 nitrogen and oxygen atoms in total. The second kappa shape index (κ2) is 6.59. The normalized spacial score (nSPS) is 10.6. The van der Waals surface area contributed by atoms with Crippen molar-refractivity contribution in [2.24, 2.45) is 0 Å². The molecule has 0 heterocycles. The lowest BCUT2D eigenvalue weighted by molar-refractivity contribution is 1.31. The molecule has 0 aromatic heterocycles.